The van der Waals surface area contributed by atoms with Crippen LogP contribution in [0.1, 0.15) is 18.1 Å². The minimum absolute atomic E-state index is 0.0619. The summed E-state index contributed by atoms with van der Waals surface area (Å²) in [5, 5.41) is 0. The standard InChI is InChI=1S/C24H29N3O/c1-20(24(28)27-15-13-22-11-5-6-12-23(22)27)26-18-16-25(17-19-26)14-7-10-21-8-3-2-4-9-21/h2-12,20H,13-19H2,1H3/b10-7+/t20-/m0/s1. The Bertz CT molecular complexity index is 825. The van der Waals surface area contributed by atoms with E-state index < -0.39 is 0 Å². The smallest absolute Gasteiger partial charge is 0.244 e. The summed E-state index contributed by atoms with van der Waals surface area (Å²) in [4.78, 5) is 19.8. The Morgan fingerprint density at radius 3 is 2.46 bits per heavy atom. The number of rotatable bonds is 5. The van der Waals surface area contributed by atoms with Crippen molar-refractivity contribution in [1.29, 1.82) is 0 Å². The Morgan fingerprint density at radius 2 is 1.68 bits per heavy atom. The Hall–Kier alpha value is -2.43. The highest BCUT2D eigenvalue weighted by atomic mass is 16.2. The molecule has 0 N–H and O–H groups in total. The Labute approximate surface area is 168 Å². The number of para-hydroxylation sites is 1. The third-order valence-corrected chi connectivity index (χ3v) is 5.94. The molecule has 1 amide bonds. The number of carbonyl (C=O) groups is 1. The highest BCUT2D eigenvalue weighted by Gasteiger charge is 2.32. The van der Waals surface area contributed by atoms with Crippen molar-refractivity contribution in [2.24, 2.45) is 0 Å². The molecule has 4 nitrogen and oxygen atoms in total. The molecule has 146 valence electrons. The minimum atomic E-state index is -0.0619. The predicted molar refractivity (Wildman–Crippen MR) is 115 cm³/mol. The van der Waals surface area contributed by atoms with Gasteiger partial charge in [-0.05, 0) is 30.5 Å². The van der Waals surface area contributed by atoms with Crippen molar-refractivity contribution in [3.05, 3.63) is 71.8 Å². The molecule has 2 aromatic carbocycles. The van der Waals surface area contributed by atoms with E-state index in [-0.39, 0.29) is 11.9 Å². The number of benzene rings is 2. The van der Waals surface area contributed by atoms with Gasteiger partial charge in [-0.3, -0.25) is 14.6 Å². The van der Waals surface area contributed by atoms with Gasteiger partial charge in [-0.25, -0.2) is 0 Å². The molecule has 28 heavy (non-hydrogen) atoms. The molecule has 0 spiro atoms. The van der Waals surface area contributed by atoms with Gasteiger partial charge in [0.15, 0.2) is 0 Å². The van der Waals surface area contributed by atoms with Gasteiger partial charge in [0.2, 0.25) is 5.91 Å². The third-order valence-electron chi connectivity index (χ3n) is 5.94. The summed E-state index contributed by atoms with van der Waals surface area (Å²) in [5.74, 6) is 0.238. The molecule has 2 aliphatic rings. The van der Waals surface area contributed by atoms with Crippen LogP contribution < -0.4 is 4.90 Å². The fourth-order valence-electron chi connectivity index (χ4n) is 4.18. The average Bonchev–Trinajstić information content (AvgIpc) is 3.18. The second kappa shape index (κ2) is 8.72. The van der Waals surface area contributed by atoms with Crippen LogP contribution in [-0.2, 0) is 11.2 Å². The molecule has 4 rings (SSSR count). The van der Waals surface area contributed by atoms with Gasteiger partial charge in [0.25, 0.3) is 0 Å². The number of piperazine rings is 1. The third kappa shape index (κ3) is 4.18. The number of fused-ring (bicyclic) bond motifs is 1. The van der Waals surface area contributed by atoms with Gasteiger partial charge in [-0.15, -0.1) is 0 Å². The van der Waals surface area contributed by atoms with Crippen molar-refractivity contribution >= 4 is 17.7 Å². The SMILES string of the molecule is C[C@@H](C(=O)N1CCc2ccccc21)N1CCN(C/C=C/c2ccccc2)CC1. The summed E-state index contributed by atoms with van der Waals surface area (Å²) >= 11 is 0. The first-order valence-corrected chi connectivity index (χ1v) is 10.3. The number of hydrogen-bond acceptors (Lipinski definition) is 3. The molecule has 2 aromatic rings. The first-order chi connectivity index (χ1) is 13.7. The molecule has 0 aromatic heterocycles. The largest absolute Gasteiger partial charge is 0.310 e. The molecule has 1 saturated heterocycles. The van der Waals surface area contributed by atoms with Crippen LogP contribution in [0.5, 0.6) is 0 Å². The fraction of sp³-hybridized carbons (Fsp3) is 0.375. The second-order valence-electron chi connectivity index (χ2n) is 7.69. The van der Waals surface area contributed by atoms with E-state index in [1.54, 1.807) is 0 Å². The highest BCUT2D eigenvalue weighted by molar-refractivity contribution is 5.98. The molecule has 4 heteroatoms. The summed E-state index contributed by atoms with van der Waals surface area (Å²) in [7, 11) is 0. The van der Waals surface area contributed by atoms with Gasteiger partial charge >= 0.3 is 0 Å². The molecule has 0 saturated carbocycles. The molecular formula is C24H29N3O. The summed E-state index contributed by atoms with van der Waals surface area (Å²) in [6.07, 6.45) is 5.39. The first kappa shape index (κ1) is 18.9. The number of anilines is 1. The molecule has 2 aliphatic heterocycles. The van der Waals surface area contributed by atoms with Crippen LogP contribution in [0.3, 0.4) is 0 Å². The molecule has 2 heterocycles. The van der Waals surface area contributed by atoms with E-state index in [0.717, 1.165) is 51.4 Å². The second-order valence-corrected chi connectivity index (χ2v) is 7.69. The lowest BCUT2D eigenvalue weighted by Gasteiger charge is -2.38. The maximum Gasteiger partial charge on any atom is 0.244 e. The zero-order valence-electron chi connectivity index (χ0n) is 16.6. The predicted octanol–water partition coefficient (Wildman–Crippen LogP) is 3.30. The van der Waals surface area contributed by atoms with E-state index in [4.69, 9.17) is 0 Å². The maximum absolute atomic E-state index is 13.1. The number of hydrogen-bond donors (Lipinski definition) is 0. The van der Waals surface area contributed by atoms with Crippen LogP contribution in [-0.4, -0.2) is 61.0 Å². The maximum atomic E-state index is 13.1. The Balaban J connectivity index is 1.28. The Morgan fingerprint density at radius 1 is 0.964 bits per heavy atom. The van der Waals surface area contributed by atoms with Crippen LogP contribution in [0.25, 0.3) is 6.08 Å². The van der Waals surface area contributed by atoms with Crippen molar-refractivity contribution in [2.75, 3.05) is 44.2 Å². The molecule has 0 unspecified atom stereocenters. The number of carbonyl (C=O) groups excluding carboxylic acids is 1. The summed E-state index contributed by atoms with van der Waals surface area (Å²) in [6, 6.07) is 18.6. The van der Waals surface area contributed by atoms with Gasteiger partial charge in [0.05, 0.1) is 6.04 Å². The fourth-order valence-corrected chi connectivity index (χ4v) is 4.18. The van der Waals surface area contributed by atoms with Crippen molar-refractivity contribution < 1.29 is 4.79 Å². The highest BCUT2D eigenvalue weighted by Crippen LogP contribution is 2.28. The van der Waals surface area contributed by atoms with E-state index in [1.165, 1.54) is 11.1 Å². The lowest BCUT2D eigenvalue weighted by Crippen LogP contribution is -2.54. The van der Waals surface area contributed by atoms with E-state index in [0.29, 0.717) is 0 Å². The van der Waals surface area contributed by atoms with E-state index in [2.05, 4.69) is 71.3 Å². The Kier molecular flexibility index (Phi) is 5.89. The summed E-state index contributed by atoms with van der Waals surface area (Å²) < 4.78 is 0. The van der Waals surface area contributed by atoms with E-state index in [1.807, 2.05) is 17.0 Å². The van der Waals surface area contributed by atoms with Gasteiger partial charge in [-0.1, -0.05) is 60.7 Å². The van der Waals surface area contributed by atoms with Crippen LogP contribution in [0.4, 0.5) is 5.69 Å². The van der Waals surface area contributed by atoms with Crippen LogP contribution in [0, 0.1) is 0 Å². The molecule has 1 fully saturated rings. The zero-order chi connectivity index (χ0) is 19.3. The normalized spacial score (nSPS) is 19.1. The minimum Gasteiger partial charge on any atom is -0.310 e. The quantitative estimate of drug-likeness (QED) is 0.802. The van der Waals surface area contributed by atoms with E-state index in [9.17, 15) is 4.79 Å². The lowest BCUT2D eigenvalue weighted by atomic mass is 10.1. The molecule has 0 aliphatic carbocycles. The van der Waals surface area contributed by atoms with Crippen LogP contribution in [0.2, 0.25) is 0 Å². The van der Waals surface area contributed by atoms with Gasteiger partial charge in [-0.2, -0.15) is 0 Å². The average molecular weight is 376 g/mol. The molecule has 0 bridgehead atoms. The van der Waals surface area contributed by atoms with Crippen LogP contribution >= 0.6 is 0 Å². The van der Waals surface area contributed by atoms with Crippen molar-refractivity contribution in [2.45, 2.75) is 19.4 Å². The van der Waals surface area contributed by atoms with Gasteiger partial charge in [0, 0.05) is 45.0 Å². The van der Waals surface area contributed by atoms with E-state index >= 15 is 0 Å². The van der Waals surface area contributed by atoms with Crippen molar-refractivity contribution in [3.8, 4) is 0 Å². The van der Waals surface area contributed by atoms with Gasteiger partial charge in [0.1, 0.15) is 0 Å². The number of amides is 1. The summed E-state index contributed by atoms with van der Waals surface area (Å²) in [5.41, 5.74) is 3.63. The summed E-state index contributed by atoms with van der Waals surface area (Å²) in [6.45, 7) is 7.75. The molecule has 0 radical (unpaired) electrons. The number of nitrogens with zero attached hydrogens (tertiary/aromatic N) is 3. The van der Waals surface area contributed by atoms with Crippen molar-refractivity contribution in [1.82, 2.24) is 9.80 Å². The van der Waals surface area contributed by atoms with Gasteiger partial charge < -0.3 is 4.90 Å². The van der Waals surface area contributed by atoms with Crippen LogP contribution in [0.15, 0.2) is 60.7 Å². The first-order valence-electron chi connectivity index (χ1n) is 10.3. The zero-order valence-corrected chi connectivity index (χ0v) is 16.6. The van der Waals surface area contributed by atoms with Crippen molar-refractivity contribution in [3.63, 3.8) is 0 Å². The molecular weight excluding hydrogens is 346 g/mol. The topological polar surface area (TPSA) is 26.8 Å². The lowest BCUT2D eigenvalue weighted by molar-refractivity contribution is -0.123. The monoisotopic (exact) mass is 375 g/mol. The molecule has 1 atom stereocenters.